The minimum atomic E-state index is -0.202. The molecule has 2 aliphatic heterocycles. The van der Waals surface area contributed by atoms with Crippen molar-refractivity contribution in [3.8, 4) is 11.3 Å². The Kier molecular flexibility index (Phi) is 7.12. The molecular weight excluding hydrogens is 560 g/mol. The van der Waals surface area contributed by atoms with Crippen LogP contribution in [0.2, 0.25) is 0 Å². The van der Waals surface area contributed by atoms with E-state index >= 15 is 0 Å². The average molecular weight is 591 g/mol. The highest BCUT2D eigenvalue weighted by molar-refractivity contribution is 7.11. The lowest BCUT2D eigenvalue weighted by atomic mass is 9.97. The van der Waals surface area contributed by atoms with Crippen LogP contribution in [0.4, 0.5) is 0 Å². The normalized spacial score (nSPS) is 17.7. The minimum absolute atomic E-state index is 0.0257. The number of rotatable bonds is 5. The molecule has 216 valence electrons. The zero-order valence-electron chi connectivity index (χ0n) is 23.7. The highest BCUT2D eigenvalue weighted by Crippen LogP contribution is 2.33. The van der Waals surface area contributed by atoms with Crippen LogP contribution in [0.3, 0.4) is 0 Å². The molecule has 2 fully saturated rings. The van der Waals surface area contributed by atoms with Gasteiger partial charge in [0.25, 0.3) is 11.8 Å². The van der Waals surface area contributed by atoms with Gasteiger partial charge < -0.3 is 14.2 Å². The van der Waals surface area contributed by atoms with E-state index in [2.05, 4.69) is 9.88 Å². The molecular formula is C34H30N4O4S. The fourth-order valence-electron chi connectivity index (χ4n) is 6.15. The third-order valence-electron chi connectivity index (χ3n) is 8.55. The molecule has 0 spiro atoms. The van der Waals surface area contributed by atoms with Gasteiger partial charge in [-0.3, -0.25) is 19.3 Å². The number of piperazine rings is 1. The van der Waals surface area contributed by atoms with Crippen LogP contribution < -0.4 is 5.43 Å². The molecule has 2 saturated heterocycles. The molecule has 9 heteroatoms. The average Bonchev–Trinajstić information content (AvgIpc) is 3.58. The van der Waals surface area contributed by atoms with Crippen molar-refractivity contribution >= 4 is 34.1 Å². The lowest BCUT2D eigenvalue weighted by Crippen LogP contribution is -2.64. The Bertz CT molecular complexity index is 1850. The number of hydrogen-bond donors (Lipinski definition) is 0. The van der Waals surface area contributed by atoms with Gasteiger partial charge in [-0.15, -0.1) is 11.3 Å². The Labute approximate surface area is 252 Å². The molecule has 2 aliphatic rings. The Balaban J connectivity index is 1.19. The molecule has 2 amide bonds. The topological polar surface area (TPSA) is 87.0 Å². The Hall–Kier alpha value is -4.60. The van der Waals surface area contributed by atoms with Crippen LogP contribution in [-0.2, 0) is 0 Å². The number of likely N-dealkylation sites (tertiary alicyclic amines) is 1. The number of para-hydroxylation sites is 1. The third-order valence-corrected chi connectivity index (χ3v) is 9.31. The number of aromatic nitrogens is 1. The number of fused-ring (bicyclic) bond motifs is 1. The summed E-state index contributed by atoms with van der Waals surface area (Å²) in [6, 6.07) is 24.8. The maximum absolute atomic E-state index is 14.4. The maximum Gasteiger partial charge on any atom is 0.282 e. The van der Waals surface area contributed by atoms with E-state index in [1.165, 1.54) is 11.3 Å². The van der Waals surface area contributed by atoms with E-state index in [9.17, 15) is 14.4 Å². The van der Waals surface area contributed by atoms with Gasteiger partial charge in [0.1, 0.15) is 5.76 Å². The summed E-state index contributed by atoms with van der Waals surface area (Å²) in [5.74, 6) is 0.283. The van der Waals surface area contributed by atoms with E-state index in [0.29, 0.717) is 65.6 Å². The SMILES string of the molecule is Cc1c(-c2ccccc2)oc2c(C(=O)N3CCN(C4CN(C(=O)c5nccs5)C4)CC3c3ccccc3)cccc2c1=O. The van der Waals surface area contributed by atoms with Crippen LogP contribution in [-0.4, -0.2) is 70.3 Å². The Morgan fingerprint density at radius 3 is 2.35 bits per heavy atom. The fraction of sp³-hybridized carbons (Fsp3) is 0.235. The minimum Gasteiger partial charge on any atom is -0.455 e. The first-order valence-electron chi connectivity index (χ1n) is 14.4. The van der Waals surface area contributed by atoms with Crippen molar-refractivity contribution < 1.29 is 14.0 Å². The summed E-state index contributed by atoms with van der Waals surface area (Å²) < 4.78 is 6.39. The van der Waals surface area contributed by atoms with E-state index in [-0.39, 0.29) is 29.3 Å². The molecule has 0 N–H and O–H groups in total. The molecule has 0 radical (unpaired) electrons. The maximum atomic E-state index is 14.4. The molecule has 0 aliphatic carbocycles. The van der Waals surface area contributed by atoms with Gasteiger partial charge in [0.05, 0.1) is 17.0 Å². The summed E-state index contributed by atoms with van der Waals surface area (Å²) in [6.07, 6.45) is 1.65. The lowest BCUT2D eigenvalue weighted by molar-refractivity contribution is -0.00753. The Morgan fingerprint density at radius 2 is 1.63 bits per heavy atom. The number of carbonyl (C=O) groups excluding carboxylic acids is 2. The quantitative estimate of drug-likeness (QED) is 0.278. The van der Waals surface area contributed by atoms with Gasteiger partial charge in [0, 0.05) is 61.5 Å². The lowest BCUT2D eigenvalue weighted by Gasteiger charge is -2.50. The summed E-state index contributed by atoms with van der Waals surface area (Å²) in [4.78, 5) is 50.8. The van der Waals surface area contributed by atoms with Crippen molar-refractivity contribution in [1.82, 2.24) is 19.7 Å². The van der Waals surface area contributed by atoms with Crippen molar-refractivity contribution in [2.24, 2.45) is 0 Å². The molecule has 0 saturated carbocycles. The number of thiazole rings is 1. The number of nitrogens with zero attached hydrogens (tertiary/aromatic N) is 4. The monoisotopic (exact) mass is 590 g/mol. The van der Waals surface area contributed by atoms with Crippen LogP contribution in [0.25, 0.3) is 22.3 Å². The second kappa shape index (κ2) is 11.2. The van der Waals surface area contributed by atoms with E-state index in [1.807, 2.05) is 75.8 Å². The molecule has 5 aromatic rings. The second-order valence-electron chi connectivity index (χ2n) is 11.1. The van der Waals surface area contributed by atoms with Crippen molar-refractivity contribution in [3.63, 3.8) is 0 Å². The first-order valence-corrected chi connectivity index (χ1v) is 15.3. The van der Waals surface area contributed by atoms with Gasteiger partial charge >= 0.3 is 0 Å². The van der Waals surface area contributed by atoms with Crippen LogP contribution >= 0.6 is 11.3 Å². The number of carbonyl (C=O) groups is 2. The molecule has 7 rings (SSSR count). The standard InChI is InChI=1S/C34H30N4O4S/c1-22-29(39)26-13-8-14-27(31(26)42-30(22)24-11-6-3-7-12-24)33(40)38-17-16-36(21-28(38)23-9-4-2-5-10-23)25-19-37(20-25)34(41)32-35-15-18-43-32/h2-15,18,25,28H,16-17,19-21H2,1H3. The molecule has 2 aromatic heterocycles. The molecule has 0 bridgehead atoms. The van der Waals surface area contributed by atoms with Crippen LogP contribution in [0.5, 0.6) is 0 Å². The highest BCUT2D eigenvalue weighted by atomic mass is 32.1. The van der Waals surface area contributed by atoms with Crippen molar-refractivity contribution in [1.29, 1.82) is 0 Å². The van der Waals surface area contributed by atoms with Crippen molar-refractivity contribution in [3.05, 3.63) is 122 Å². The van der Waals surface area contributed by atoms with Crippen LogP contribution in [0.15, 0.2) is 99.7 Å². The zero-order chi connectivity index (χ0) is 29.5. The zero-order valence-corrected chi connectivity index (χ0v) is 24.5. The van der Waals surface area contributed by atoms with Gasteiger partial charge in [0.15, 0.2) is 16.0 Å². The van der Waals surface area contributed by atoms with Gasteiger partial charge in [-0.2, -0.15) is 0 Å². The van der Waals surface area contributed by atoms with E-state index in [4.69, 9.17) is 4.42 Å². The summed E-state index contributed by atoms with van der Waals surface area (Å²) >= 11 is 1.36. The summed E-state index contributed by atoms with van der Waals surface area (Å²) in [5, 5.41) is 2.73. The largest absolute Gasteiger partial charge is 0.455 e. The number of benzene rings is 3. The molecule has 1 atom stereocenters. The van der Waals surface area contributed by atoms with Gasteiger partial charge in [-0.25, -0.2) is 4.98 Å². The molecule has 3 aromatic carbocycles. The van der Waals surface area contributed by atoms with Gasteiger partial charge in [-0.1, -0.05) is 66.7 Å². The fourth-order valence-corrected chi connectivity index (χ4v) is 6.76. The van der Waals surface area contributed by atoms with Crippen molar-refractivity contribution in [2.75, 3.05) is 32.7 Å². The molecule has 8 nitrogen and oxygen atoms in total. The molecule has 1 unspecified atom stereocenters. The first-order chi connectivity index (χ1) is 21.0. The summed E-state index contributed by atoms with van der Waals surface area (Å²) in [6.45, 7) is 4.88. The van der Waals surface area contributed by atoms with E-state index in [1.54, 1.807) is 31.3 Å². The Morgan fingerprint density at radius 1 is 0.884 bits per heavy atom. The van der Waals surface area contributed by atoms with E-state index in [0.717, 1.165) is 11.1 Å². The highest BCUT2D eigenvalue weighted by Gasteiger charge is 2.41. The van der Waals surface area contributed by atoms with Crippen molar-refractivity contribution in [2.45, 2.75) is 19.0 Å². The second-order valence-corrected chi connectivity index (χ2v) is 11.9. The smallest absolute Gasteiger partial charge is 0.282 e. The summed E-state index contributed by atoms with van der Waals surface area (Å²) in [5.41, 5.74) is 2.90. The first kappa shape index (κ1) is 27.2. The molecule has 4 heterocycles. The predicted octanol–water partition coefficient (Wildman–Crippen LogP) is 5.25. The van der Waals surface area contributed by atoms with E-state index < -0.39 is 0 Å². The predicted molar refractivity (Wildman–Crippen MR) is 166 cm³/mol. The van der Waals surface area contributed by atoms with Crippen LogP contribution in [0.1, 0.15) is 37.3 Å². The summed E-state index contributed by atoms with van der Waals surface area (Å²) in [7, 11) is 0. The van der Waals surface area contributed by atoms with Gasteiger partial charge in [-0.05, 0) is 24.6 Å². The number of amides is 2. The number of hydrogen-bond acceptors (Lipinski definition) is 7. The third kappa shape index (κ3) is 4.94. The van der Waals surface area contributed by atoms with Crippen LogP contribution in [0, 0.1) is 6.92 Å². The molecule has 43 heavy (non-hydrogen) atoms. The van der Waals surface area contributed by atoms with Gasteiger partial charge in [0.2, 0.25) is 0 Å².